The maximum absolute atomic E-state index is 12.1. The molecule has 5 aromatic rings. The average molecular weight is 632 g/mol. The summed E-state index contributed by atoms with van der Waals surface area (Å²) in [6, 6.07) is 11.3. The summed E-state index contributed by atoms with van der Waals surface area (Å²) in [7, 11) is 0. The second kappa shape index (κ2) is 17.3. The Balaban J connectivity index is 0.000000209. The van der Waals surface area contributed by atoms with Crippen molar-refractivity contribution in [2.45, 2.75) is 31.6 Å². The van der Waals surface area contributed by atoms with Crippen molar-refractivity contribution in [2.75, 3.05) is 28.6 Å². The van der Waals surface area contributed by atoms with Crippen molar-refractivity contribution in [3.8, 4) is 31.4 Å². The second-order valence-corrected chi connectivity index (χ2v) is 9.63. The Morgan fingerprint density at radius 2 is 1.74 bits per heavy atom. The molecule has 46 heavy (non-hydrogen) atoms. The molecule has 238 valence electrons. The third kappa shape index (κ3) is 9.75. The van der Waals surface area contributed by atoms with E-state index in [4.69, 9.17) is 10.1 Å². The van der Waals surface area contributed by atoms with Crippen LogP contribution < -0.4 is 15.5 Å². The van der Waals surface area contributed by atoms with Crippen LogP contribution in [0.25, 0.3) is 5.52 Å². The fourth-order valence-electron chi connectivity index (χ4n) is 4.20. The molecule has 0 bridgehead atoms. The zero-order chi connectivity index (χ0) is 33.5. The summed E-state index contributed by atoms with van der Waals surface area (Å²) in [6.45, 7) is 2.06. The molecule has 7 rings (SSSR count). The minimum Gasteiger partial charge on any atom is -0.505 e. The first-order chi connectivity index (χ1) is 22.4. The molecule has 1 amide bonds. The molecule has 2 fully saturated rings. The Labute approximate surface area is 263 Å². The normalized spacial score (nSPS) is 12.9. The number of rotatable bonds is 6. The second-order valence-electron chi connectivity index (χ2n) is 9.63. The van der Waals surface area contributed by atoms with Gasteiger partial charge < -0.3 is 20.6 Å². The quantitative estimate of drug-likeness (QED) is 0.108. The van der Waals surface area contributed by atoms with E-state index in [-0.39, 0.29) is 0 Å². The highest BCUT2D eigenvalue weighted by molar-refractivity contribution is 5.73. The predicted octanol–water partition coefficient (Wildman–Crippen LogP) is 5.63. The number of terminal acetylenes is 2. The Morgan fingerprint density at radius 3 is 2.35 bits per heavy atom. The van der Waals surface area contributed by atoms with Crippen LogP contribution in [0, 0.1) is 43.3 Å². The Kier molecular flexibility index (Phi) is 13.0. The van der Waals surface area contributed by atoms with Crippen molar-refractivity contribution in [1.29, 1.82) is 0 Å². The van der Waals surface area contributed by atoms with Gasteiger partial charge >= 0.3 is 0 Å². The van der Waals surface area contributed by atoms with Crippen molar-refractivity contribution >= 4 is 35.2 Å². The largest absolute Gasteiger partial charge is 0.505 e. The fraction of sp³-hybridized carbons (Fsp3) is 0.219. The van der Waals surface area contributed by atoms with Crippen molar-refractivity contribution < 1.29 is 23.1 Å². The van der Waals surface area contributed by atoms with Crippen LogP contribution in [-0.2, 0) is 4.79 Å². The number of fused-ring (bicyclic) bond motifs is 1. The minimum absolute atomic E-state index is 0.483. The van der Waals surface area contributed by atoms with Gasteiger partial charge in [0.25, 0.3) is 0 Å². The SMILES string of the molecule is C#C.C#C.O=CNc1ccc(F)nc1.Oc1ccc(F)cc1F.c1cc2c(Nc3cc(C4CC4)[nH]n3)nc(N3CCCC3)nn2c1. The van der Waals surface area contributed by atoms with Crippen LogP contribution in [0.2, 0.25) is 0 Å². The number of aromatic amines is 1. The van der Waals surface area contributed by atoms with Gasteiger partial charge in [-0.1, -0.05) is 0 Å². The van der Waals surface area contributed by atoms with Gasteiger partial charge in [0.05, 0.1) is 11.9 Å². The van der Waals surface area contributed by atoms with Crippen LogP contribution in [-0.4, -0.2) is 54.4 Å². The maximum Gasteiger partial charge on any atom is 0.245 e. The third-order valence-electron chi connectivity index (χ3n) is 6.49. The molecule has 1 saturated heterocycles. The Hall–Kier alpha value is -6.02. The van der Waals surface area contributed by atoms with E-state index in [1.54, 1.807) is 0 Å². The van der Waals surface area contributed by atoms with Gasteiger partial charge in [-0.3, -0.25) is 9.89 Å². The van der Waals surface area contributed by atoms with E-state index in [1.165, 1.54) is 49.7 Å². The number of amides is 1. The lowest BCUT2D eigenvalue weighted by atomic mass is 10.3. The van der Waals surface area contributed by atoms with E-state index in [9.17, 15) is 18.0 Å². The third-order valence-corrected chi connectivity index (χ3v) is 6.49. The number of nitrogens with one attached hydrogen (secondary N) is 3. The Bertz CT molecular complexity index is 1720. The van der Waals surface area contributed by atoms with Gasteiger partial charge in [-0.25, -0.2) is 18.3 Å². The topological polar surface area (TPSA) is 136 Å². The summed E-state index contributed by atoms with van der Waals surface area (Å²) < 4.78 is 38.1. The van der Waals surface area contributed by atoms with Gasteiger partial charge in [-0.05, 0) is 62.1 Å². The fourth-order valence-corrected chi connectivity index (χ4v) is 4.20. The highest BCUT2D eigenvalue weighted by atomic mass is 19.1. The van der Waals surface area contributed by atoms with Crippen LogP contribution in [0.5, 0.6) is 5.75 Å². The number of hydrogen-bond acceptors (Lipinski definition) is 8. The number of hydrogen-bond donors (Lipinski definition) is 4. The van der Waals surface area contributed by atoms with E-state index in [2.05, 4.69) is 67.6 Å². The number of aromatic hydroxyl groups is 1. The maximum atomic E-state index is 12.1. The van der Waals surface area contributed by atoms with Gasteiger partial charge in [0, 0.05) is 43.0 Å². The Morgan fingerprint density at radius 1 is 1.00 bits per heavy atom. The van der Waals surface area contributed by atoms with E-state index >= 15 is 0 Å². The van der Waals surface area contributed by atoms with Crippen LogP contribution in [0.4, 0.5) is 36.4 Å². The lowest BCUT2D eigenvalue weighted by Crippen LogP contribution is -2.22. The molecular formula is C32H32F3N9O2. The molecule has 11 nitrogen and oxygen atoms in total. The minimum atomic E-state index is -0.935. The molecule has 4 N–H and O–H groups in total. The first-order valence-corrected chi connectivity index (χ1v) is 13.9. The summed E-state index contributed by atoms with van der Waals surface area (Å²) in [5.41, 5.74) is 2.66. The number of anilines is 4. The van der Waals surface area contributed by atoms with Crippen molar-refractivity contribution in [1.82, 2.24) is 29.8 Å². The number of halogens is 3. The number of H-pyrrole nitrogens is 1. The van der Waals surface area contributed by atoms with Crippen LogP contribution in [0.15, 0.2) is 60.9 Å². The summed E-state index contributed by atoms with van der Waals surface area (Å²) in [5.74, 6) is 0.360. The first-order valence-electron chi connectivity index (χ1n) is 13.9. The number of aromatic nitrogens is 6. The predicted molar refractivity (Wildman–Crippen MR) is 170 cm³/mol. The van der Waals surface area contributed by atoms with Gasteiger partial charge in [0.15, 0.2) is 23.2 Å². The summed E-state index contributed by atoms with van der Waals surface area (Å²) >= 11 is 0. The van der Waals surface area contributed by atoms with E-state index in [0.717, 1.165) is 48.3 Å². The number of nitrogens with zero attached hydrogens (tertiary/aromatic N) is 6. The summed E-state index contributed by atoms with van der Waals surface area (Å²) in [6.07, 6.45) is 24.6. The molecule has 14 heteroatoms. The molecule has 1 aliphatic heterocycles. The van der Waals surface area contributed by atoms with E-state index in [0.29, 0.717) is 24.1 Å². The zero-order valence-electron chi connectivity index (χ0n) is 24.7. The average Bonchev–Trinajstić information content (AvgIpc) is 3.43. The molecule has 1 aliphatic carbocycles. The number of carbonyl (C=O) groups excluding carboxylic acids is 1. The highest BCUT2D eigenvalue weighted by Crippen LogP contribution is 2.39. The van der Waals surface area contributed by atoms with Gasteiger partial charge in [-0.15, -0.1) is 30.8 Å². The van der Waals surface area contributed by atoms with Gasteiger partial charge in [0.2, 0.25) is 18.3 Å². The number of phenolic OH excluding ortho intramolecular Hbond substituents is 1. The molecular weight excluding hydrogens is 599 g/mol. The molecule has 1 aromatic carbocycles. The monoisotopic (exact) mass is 631 g/mol. The molecule has 5 heterocycles. The smallest absolute Gasteiger partial charge is 0.245 e. The molecule has 1 saturated carbocycles. The van der Waals surface area contributed by atoms with E-state index in [1.807, 2.05) is 22.8 Å². The summed E-state index contributed by atoms with van der Waals surface area (Å²) in [5, 5.41) is 26.3. The molecule has 0 radical (unpaired) electrons. The van der Waals surface area contributed by atoms with Gasteiger partial charge in [0.1, 0.15) is 11.3 Å². The van der Waals surface area contributed by atoms with Crippen LogP contribution in [0.1, 0.15) is 37.3 Å². The van der Waals surface area contributed by atoms with Crippen LogP contribution >= 0.6 is 0 Å². The molecule has 0 atom stereocenters. The first kappa shape index (κ1) is 34.5. The highest BCUT2D eigenvalue weighted by Gasteiger charge is 2.26. The van der Waals surface area contributed by atoms with Crippen molar-refractivity contribution in [3.05, 3.63) is 84.2 Å². The lowest BCUT2D eigenvalue weighted by Gasteiger charge is -2.16. The molecule has 0 unspecified atom stereocenters. The standard InChI is InChI=1S/C16H19N7.C6H4F2O.C6H5FN2O.2C2H2/c1-2-8-22(7-1)16-18-15(13-4-3-9-23(13)21-16)17-14-10-12(19-20-14)11-5-6-11;7-4-1-2-6(9)5(8)3-4;7-6-2-1-5(3-8-6)9-4-10;2*1-2/h3-4,9-11H,1-2,5-8H2,(H2,17,18,19,20,21);1-3,9H;1-4H,(H,9,10);2*1-2H. The van der Waals surface area contributed by atoms with Crippen molar-refractivity contribution in [2.24, 2.45) is 0 Å². The molecule has 4 aromatic heterocycles. The van der Waals surface area contributed by atoms with Crippen molar-refractivity contribution in [3.63, 3.8) is 0 Å². The number of pyridine rings is 1. The van der Waals surface area contributed by atoms with Gasteiger partial charge in [-0.2, -0.15) is 14.5 Å². The number of phenols is 1. The zero-order valence-corrected chi connectivity index (χ0v) is 24.7. The lowest BCUT2D eigenvalue weighted by molar-refractivity contribution is -0.105. The molecule has 2 aliphatic rings. The van der Waals surface area contributed by atoms with Crippen LogP contribution in [0.3, 0.4) is 0 Å². The van der Waals surface area contributed by atoms with E-state index < -0.39 is 23.3 Å². The molecule has 0 spiro atoms. The number of benzene rings is 1. The number of carbonyl (C=O) groups is 1. The summed E-state index contributed by atoms with van der Waals surface area (Å²) in [4.78, 5) is 20.1.